The van der Waals surface area contributed by atoms with E-state index in [0.717, 1.165) is 4.90 Å². The average Bonchev–Trinajstić information content (AvgIpc) is 2.36. The summed E-state index contributed by atoms with van der Waals surface area (Å²) in [6.45, 7) is 3.51. The number of hydrogen-bond acceptors (Lipinski definition) is 4. The van der Waals surface area contributed by atoms with Gasteiger partial charge < -0.3 is 9.84 Å². The maximum Gasteiger partial charge on any atom is 0.336 e. The van der Waals surface area contributed by atoms with Gasteiger partial charge in [0.15, 0.2) is 0 Å². The van der Waals surface area contributed by atoms with E-state index < -0.39 is 12.1 Å². The highest BCUT2D eigenvalue weighted by molar-refractivity contribution is 7.98. The molecule has 0 aliphatic carbocycles. The molecule has 4 heteroatoms. The van der Waals surface area contributed by atoms with E-state index in [1.165, 1.54) is 7.11 Å². The van der Waals surface area contributed by atoms with Crippen LogP contribution < -0.4 is 0 Å². The Kier molecular flexibility index (Phi) is 4.58. The van der Waals surface area contributed by atoms with Crippen molar-refractivity contribution in [1.82, 2.24) is 0 Å². The quantitative estimate of drug-likeness (QED) is 0.496. The molecule has 1 atom stereocenters. The molecular weight excluding hydrogens is 224 g/mol. The molecule has 16 heavy (non-hydrogen) atoms. The summed E-state index contributed by atoms with van der Waals surface area (Å²) in [5, 5.41) is 9.85. The lowest BCUT2D eigenvalue weighted by molar-refractivity contribution is -0.137. The van der Waals surface area contributed by atoms with Crippen molar-refractivity contribution in [2.45, 2.75) is 11.0 Å². The average molecular weight is 238 g/mol. The Morgan fingerprint density at radius 1 is 1.44 bits per heavy atom. The molecule has 0 aliphatic heterocycles. The van der Waals surface area contributed by atoms with E-state index in [0.29, 0.717) is 5.56 Å². The van der Waals surface area contributed by atoms with Crippen LogP contribution in [0.3, 0.4) is 0 Å². The molecule has 0 radical (unpaired) electrons. The van der Waals surface area contributed by atoms with Crippen LogP contribution in [0.25, 0.3) is 0 Å². The molecule has 0 amide bonds. The van der Waals surface area contributed by atoms with E-state index in [4.69, 9.17) is 0 Å². The number of carbonyl (C=O) groups excluding carboxylic acids is 1. The Hall–Kier alpha value is -1.26. The highest BCUT2D eigenvalue weighted by Gasteiger charge is 2.18. The Bertz CT molecular complexity index is 384. The van der Waals surface area contributed by atoms with E-state index in [-0.39, 0.29) is 5.57 Å². The van der Waals surface area contributed by atoms with Gasteiger partial charge in [0.2, 0.25) is 0 Å². The second-order valence-corrected chi connectivity index (χ2v) is 4.07. The number of rotatable bonds is 4. The fraction of sp³-hybridized carbons (Fsp3) is 0.250. The van der Waals surface area contributed by atoms with Crippen molar-refractivity contribution in [3.8, 4) is 0 Å². The summed E-state index contributed by atoms with van der Waals surface area (Å²) < 4.78 is 4.50. The van der Waals surface area contributed by atoms with Gasteiger partial charge in [0.1, 0.15) is 6.10 Å². The number of hydrogen-bond donors (Lipinski definition) is 1. The maximum atomic E-state index is 11.2. The molecular formula is C12H14O3S. The molecule has 0 aromatic heterocycles. The summed E-state index contributed by atoms with van der Waals surface area (Å²) in [4.78, 5) is 12.3. The van der Waals surface area contributed by atoms with Gasteiger partial charge in [-0.1, -0.05) is 18.7 Å². The number of benzene rings is 1. The minimum Gasteiger partial charge on any atom is -0.466 e. The second kappa shape index (κ2) is 5.72. The van der Waals surface area contributed by atoms with Crippen molar-refractivity contribution in [3.63, 3.8) is 0 Å². The standard InChI is InChI=1S/C12H14O3S/c1-8(12(14)15-2)11(13)9-4-6-10(16-3)7-5-9/h4-7,11,13H,1H2,2-3H3. The van der Waals surface area contributed by atoms with Crippen molar-refractivity contribution < 1.29 is 14.6 Å². The predicted octanol–water partition coefficient (Wildman–Crippen LogP) is 2.17. The van der Waals surface area contributed by atoms with Gasteiger partial charge in [-0.05, 0) is 24.0 Å². The lowest BCUT2D eigenvalue weighted by Gasteiger charge is -2.12. The third kappa shape index (κ3) is 2.87. The van der Waals surface area contributed by atoms with Crippen LogP contribution in [0.2, 0.25) is 0 Å². The first-order valence-electron chi connectivity index (χ1n) is 4.69. The Morgan fingerprint density at radius 2 is 2.00 bits per heavy atom. The first-order chi connectivity index (χ1) is 7.60. The smallest absolute Gasteiger partial charge is 0.336 e. The van der Waals surface area contributed by atoms with Crippen LogP contribution in [-0.2, 0) is 9.53 Å². The molecule has 0 saturated carbocycles. The van der Waals surface area contributed by atoms with E-state index in [9.17, 15) is 9.90 Å². The third-order valence-corrected chi connectivity index (χ3v) is 2.95. The van der Waals surface area contributed by atoms with Gasteiger partial charge in [-0.15, -0.1) is 11.8 Å². The molecule has 0 heterocycles. The molecule has 86 valence electrons. The molecule has 0 bridgehead atoms. The topological polar surface area (TPSA) is 46.5 Å². The molecule has 0 aliphatic rings. The van der Waals surface area contributed by atoms with Crippen molar-refractivity contribution in [2.24, 2.45) is 0 Å². The van der Waals surface area contributed by atoms with Crippen LogP contribution in [-0.4, -0.2) is 24.4 Å². The van der Waals surface area contributed by atoms with Crippen LogP contribution >= 0.6 is 11.8 Å². The Labute approximate surface area is 99.1 Å². The minimum absolute atomic E-state index is 0.0411. The van der Waals surface area contributed by atoms with Gasteiger partial charge in [0.25, 0.3) is 0 Å². The third-order valence-electron chi connectivity index (χ3n) is 2.21. The zero-order valence-electron chi connectivity index (χ0n) is 9.27. The van der Waals surface area contributed by atoms with Gasteiger partial charge in [-0.3, -0.25) is 0 Å². The molecule has 1 aromatic carbocycles. The number of methoxy groups -OCH3 is 1. The van der Waals surface area contributed by atoms with Gasteiger partial charge in [0.05, 0.1) is 12.7 Å². The van der Waals surface area contributed by atoms with Gasteiger partial charge in [0, 0.05) is 4.90 Å². The van der Waals surface area contributed by atoms with Crippen molar-refractivity contribution in [3.05, 3.63) is 42.0 Å². The molecule has 1 unspecified atom stereocenters. The van der Waals surface area contributed by atoms with Crippen LogP contribution in [0.15, 0.2) is 41.3 Å². The number of thioether (sulfide) groups is 1. The molecule has 1 rings (SSSR count). The number of aliphatic hydroxyl groups excluding tert-OH is 1. The monoisotopic (exact) mass is 238 g/mol. The molecule has 1 aromatic rings. The zero-order valence-corrected chi connectivity index (χ0v) is 10.1. The second-order valence-electron chi connectivity index (χ2n) is 3.19. The zero-order chi connectivity index (χ0) is 12.1. The summed E-state index contributed by atoms with van der Waals surface area (Å²) in [7, 11) is 1.26. The summed E-state index contributed by atoms with van der Waals surface area (Å²) in [5.74, 6) is -0.596. The van der Waals surface area contributed by atoms with E-state index in [2.05, 4.69) is 11.3 Å². The number of carbonyl (C=O) groups is 1. The van der Waals surface area contributed by atoms with Crippen LogP contribution in [0.5, 0.6) is 0 Å². The fourth-order valence-electron chi connectivity index (χ4n) is 1.23. The number of ether oxygens (including phenoxy) is 1. The maximum absolute atomic E-state index is 11.2. The highest BCUT2D eigenvalue weighted by atomic mass is 32.2. The molecule has 1 N–H and O–H groups in total. The summed E-state index contributed by atoms with van der Waals surface area (Å²) >= 11 is 1.61. The Morgan fingerprint density at radius 3 is 2.44 bits per heavy atom. The van der Waals surface area contributed by atoms with Crippen LogP contribution in [0, 0.1) is 0 Å². The number of esters is 1. The highest BCUT2D eigenvalue weighted by Crippen LogP contribution is 2.23. The minimum atomic E-state index is -1.01. The summed E-state index contributed by atoms with van der Waals surface area (Å²) in [5.41, 5.74) is 0.674. The first-order valence-corrected chi connectivity index (χ1v) is 5.91. The Balaban J connectivity index is 2.83. The lowest BCUT2D eigenvalue weighted by Crippen LogP contribution is -2.11. The van der Waals surface area contributed by atoms with Gasteiger partial charge in [-0.2, -0.15) is 0 Å². The lowest BCUT2D eigenvalue weighted by atomic mass is 10.0. The molecule has 0 spiro atoms. The van der Waals surface area contributed by atoms with Gasteiger partial charge in [-0.25, -0.2) is 4.79 Å². The summed E-state index contributed by atoms with van der Waals surface area (Å²) in [6.07, 6.45) is 0.960. The normalized spacial score (nSPS) is 11.9. The van der Waals surface area contributed by atoms with E-state index in [1.807, 2.05) is 18.4 Å². The van der Waals surface area contributed by atoms with E-state index >= 15 is 0 Å². The largest absolute Gasteiger partial charge is 0.466 e. The van der Waals surface area contributed by atoms with Crippen molar-refractivity contribution in [2.75, 3.05) is 13.4 Å². The van der Waals surface area contributed by atoms with Crippen molar-refractivity contribution in [1.29, 1.82) is 0 Å². The number of aliphatic hydroxyl groups is 1. The van der Waals surface area contributed by atoms with Crippen molar-refractivity contribution >= 4 is 17.7 Å². The SMILES string of the molecule is C=C(C(=O)OC)C(O)c1ccc(SC)cc1. The summed E-state index contributed by atoms with van der Waals surface area (Å²) in [6, 6.07) is 7.30. The van der Waals surface area contributed by atoms with Crippen LogP contribution in [0.1, 0.15) is 11.7 Å². The van der Waals surface area contributed by atoms with E-state index in [1.54, 1.807) is 23.9 Å². The molecule has 3 nitrogen and oxygen atoms in total. The fourth-order valence-corrected chi connectivity index (χ4v) is 1.64. The van der Waals surface area contributed by atoms with Crippen LogP contribution in [0.4, 0.5) is 0 Å². The predicted molar refractivity (Wildman–Crippen MR) is 64.3 cm³/mol. The first kappa shape index (κ1) is 12.8. The molecule has 0 saturated heterocycles. The van der Waals surface area contributed by atoms with Gasteiger partial charge >= 0.3 is 5.97 Å². The molecule has 0 fully saturated rings.